The third kappa shape index (κ3) is 4.77. The van der Waals surface area contributed by atoms with Crippen molar-refractivity contribution in [1.82, 2.24) is 15.1 Å². The molecule has 2 heterocycles. The van der Waals surface area contributed by atoms with E-state index in [2.05, 4.69) is 29.6 Å². The number of halogens is 1. The topological polar surface area (TPSA) is 59.0 Å². The second-order valence-electron chi connectivity index (χ2n) is 6.44. The van der Waals surface area contributed by atoms with Crippen molar-refractivity contribution < 1.29 is 4.79 Å². The van der Waals surface area contributed by atoms with Gasteiger partial charge < -0.3 is 10.6 Å². The fourth-order valence-electron chi connectivity index (χ4n) is 2.86. The van der Waals surface area contributed by atoms with Gasteiger partial charge in [0.1, 0.15) is 0 Å². The van der Waals surface area contributed by atoms with E-state index >= 15 is 0 Å². The van der Waals surface area contributed by atoms with Crippen molar-refractivity contribution in [2.75, 3.05) is 18.4 Å². The molecule has 134 valence electrons. The van der Waals surface area contributed by atoms with E-state index in [0.717, 1.165) is 36.5 Å². The maximum atomic E-state index is 12.6. The van der Waals surface area contributed by atoms with E-state index in [4.69, 9.17) is 11.6 Å². The van der Waals surface area contributed by atoms with Crippen molar-refractivity contribution in [1.29, 1.82) is 0 Å². The molecule has 2 N–H and O–H groups in total. The van der Waals surface area contributed by atoms with Gasteiger partial charge in [0.15, 0.2) is 5.69 Å². The molecular formula is C18H23ClN4OS. The first-order chi connectivity index (χ1) is 12.0. The molecule has 0 spiro atoms. The number of piperidine rings is 1. The molecule has 1 amide bonds. The number of aromatic nitrogens is 2. The van der Waals surface area contributed by atoms with Crippen LogP contribution in [0.3, 0.4) is 0 Å². The highest BCUT2D eigenvalue weighted by molar-refractivity contribution is 8.00. The summed E-state index contributed by atoms with van der Waals surface area (Å²) in [5.74, 6) is -0.213. The van der Waals surface area contributed by atoms with Crippen molar-refractivity contribution in [2.24, 2.45) is 0 Å². The molecule has 2 aromatic rings. The average molecular weight is 379 g/mol. The number of thioether (sulfide) groups is 1. The zero-order chi connectivity index (χ0) is 17.8. The van der Waals surface area contributed by atoms with Crippen molar-refractivity contribution in [3.05, 3.63) is 41.2 Å². The van der Waals surface area contributed by atoms with E-state index < -0.39 is 0 Å². The summed E-state index contributed by atoms with van der Waals surface area (Å²) in [6.07, 6.45) is 4.10. The third-order valence-corrected chi connectivity index (χ3v) is 5.35. The average Bonchev–Trinajstić information content (AvgIpc) is 3.08. The van der Waals surface area contributed by atoms with Crippen molar-refractivity contribution in [3.63, 3.8) is 0 Å². The van der Waals surface area contributed by atoms with Crippen LogP contribution < -0.4 is 10.6 Å². The van der Waals surface area contributed by atoms with E-state index in [1.54, 1.807) is 23.9 Å². The molecule has 1 aliphatic rings. The summed E-state index contributed by atoms with van der Waals surface area (Å²) in [6, 6.07) is 7.64. The van der Waals surface area contributed by atoms with Crippen LogP contribution in [-0.4, -0.2) is 34.0 Å². The van der Waals surface area contributed by atoms with Crippen molar-refractivity contribution in [3.8, 4) is 0 Å². The molecule has 7 heteroatoms. The summed E-state index contributed by atoms with van der Waals surface area (Å²) < 4.78 is 1.89. The Hall–Kier alpha value is -1.50. The van der Waals surface area contributed by atoms with Gasteiger partial charge in [-0.25, -0.2) is 0 Å². The summed E-state index contributed by atoms with van der Waals surface area (Å²) in [5.41, 5.74) is 1.15. The molecule has 1 aromatic heterocycles. The van der Waals surface area contributed by atoms with Crippen LogP contribution in [0.5, 0.6) is 0 Å². The van der Waals surface area contributed by atoms with Gasteiger partial charge in [-0.2, -0.15) is 5.10 Å². The first-order valence-electron chi connectivity index (χ1n) is 8.56. The predicted octanol–water partition coefficient (Wildman–Crippen LogP) is 4.21. The van der Waals surface area contributed by atoms with Crippen LogP contribution in [0.4, 0.5) is 5.69 Å². The van der Waals surface area contributed by atoms with Crippen LogP contribution in [-0.2, 0) is 0 Å². The number of hydrogen-bond donors (Lipinski definition) is 2. The summed E-state index contributed by atoms with van der Waals surface area (Å²) in [6.45, 7) is 6.18. The smallest absolute Gasteiger partial charge is 0.276 e. The lowest BCUT2D eigenvalue weighted by Gasteiger charge is -2.22. The lowest BCUT2D eigenvalue weighted by atomic mass is 10.1. The maximum Gasteiger partial charge on any atom is 0.276 e. The number of nitrogens with one attached hydrogen (secondary N) is 2. The molecule has 1 aliphatic heterocycles. The highest BCUT2D eigenvalue weighted by Gasteiger charge is 2.18. The van der Waals surface area contributed by atoms with Gasteiger partial charge >= 0.3 is 0 Å². The number of amides is 1. The largest absolute Gasteiger partial charge is 0.320 e. The van der Waals surface area contributed by atoms with E-state index in [0.29, 0.717) is 22.0 Å². The molecule has 25 heavy (non-hydrogen) atoms. The number of nitrogens with zero attached hydrogens (tertiary/aromatic N) is 2. The Kier molecular flexibility index (Phi) is 6.04. The van der Waals surface area contributed by atoms with Gasteiger partial charge in [0.2, 0.25) is 0 Å². The Morgan fingerprint density at radius 3 is 3.00 bits per heavy atom. The summed E-state index contributed by atoms with van der Waals surface area (Å²) in [4.78, 5) is 13.6. The highest BCUT2D eigenvalue weighted by atomic mass is 35.5. The minimum absolute atomic E-state index is 0.213. The molecule has 0 aliphatic carbocycles. The van der Waals surface area contributed by atoms with Crippen LogP contribution in [0.2, 0.25) is 5.02 Å². The standard InChI is InChI=1S/C18H23ClN4OS/c1-12(2)25-17-6-5-13(19)10-16(17)21-18(24)15-7-9-23(22-15)14-4-3-8-20-11-14/h5-7,9-10,12,14,20H,3-4,8,11H2,1-2H3,(H,21,24). The normalized spacial score (nSPS) is 17.7. The molecule has 5 nitrogen and oxygen atoms in total. The molecule has 3 rings (SSSR count). The minimum atomic E-state index is -0.213. The maximum absolute atomic E-state index is 12.6. The number of carbonyl (C=O) groups is 1. The molecule has 1 atom stereocenters. The van der Waals surface area contributed by atoms with Gasteiger partial charge in [0.25, 0.3) is 5.91 Å². The highest BCUT2D eigenvalue weighted by Crippen LogP contribution is 2.32. The Bertz CT molecular complexity index is 740. The van der Waals surface area contributed by atoms with E-state index in [1.807, 2.05) is 23.0 Å². The summed E-state index contributed by atoms with van der Waals surface area (Å²) >= 11 is 7.79. The molecule has 1 aromatic carbocycles. The Morgan fingerprint density at radius 2 is 2.28 bits per heavy atom. The second kappa shape index (κ2) is 8.25. The van der Waals surface area contributed by atoms with Crippen molar-refractivity contribution in [2.45, 2.75) is 42.9 Å². The quantitative estimate of drug-likeness (QED) is 0.765. The first kappa shape index (κ1) is 18.3. The molecule has 0 bridgehead atoms. The van der Waals surface area contributed by atoms with E-state index in [9.17, 15) is 4.79 Å². The van der Waals surface area contributed by atoms with Crippen molar-refractivity contribution >= 4 is 35.0 Å². The van der Waals surface area contributed by atoms with Crippen LogP contribution in [0.1, 0.15) is 43.2 Å². The number of anilines is 1. The Balaban J connectivity index is 1.74. The SMILES string of the molecule is CC(C)Sc1ccc(Cl)cc1NC(=O)c1ccn(C2CCCNC2)n1. The Morgan fingerprint density at radius 1 is 1.44 bits per heavy atom. The first-order valence-corrected chi connectivity index (χ1v) is 9.82. The van der Waals surface area contributed by atoms with E-state index in [1.165, 1.54) is 0 Å². The minimum Gasteiger partial charge on any atom is -0.320 e. The second-order valence-corrected chi connectivity index (χ2v) is 8.50. The van der Waals surface area contributed by atoms with Gasteiger partial charge in [-0.1, -0.05) is 25.4 Å². The molecular weight excluding hydrogens is 356 g/mol. The zero-order valence-corrected chi connectivity index (χ0v) is 16.0. The van der Waals surface area contributed by atoms with Crippen LogP contribution >= 0.6 is 23.4 Å². The molecule has 0 saturated carbocycles. The number of carbonyl (C=O) groups excluding carboxylic acids is 1. The molecule has 0 radical (unpaired) electrons. The van der Waals surface area contributed by atoms with Gasteiger partial charge in [0.05, 0.1) is 11.7 Å². The number of rotatable bonds is 5. The molecule has 1 fully saturated rings. The van der Waals surface area contributed by atoms with Gasteiger partial charge in [-0.3, -0.25) is 9.48 Å². The van der Waals surface area contributed by atoms with Crippen LogP contribution in [0.25, 0.3) is 0 Å². The molecule has 1 saturated heterocycles. The monoisotopic (exact) mass is 378 g/mol. The van der Waals surface area contributed by atoms with Gasteiger partial charge in [0, 0.05) is 27.9 Å². The number of benzene rings is 1. The van der Waals surface area contributed by atoms with Gasteiger partial charge in [-0.15, -0.1) is 11.8 Å². The lowest BCUT2D eigenvalue weighted by molar-refractivity contribution is 0.102. The summed E-state index contributed by atoms with van der Waals surface area (Å²) in [7, 11) is 0. The van der Waals surface area contributed by atoms with Crippen LogP contribution in [0.15, 0.2) is 35.4 Å². The number of hydrogen-bond acceptors (Lipinski definition) is 4. The fraction of sp³-hybridized carbons (Fsp3) is 0.444. The summed E-state index contributed by atoms with van der Waals surface area (Å²) in [5, 5.41) is 11.8. The van der Waals surface area contributed by atoms with Crippen LogP contribution in [0, 0.1) is 0 Å². The lowest BCUT2D eigenvalue weighted by Crippen LogP contribution is -2.32. The Labute approximate surface area is 157 Å². The fourth-order valence-corrected chi connectivity index (χ4v) is 3.93. The van der Waals surface area contributed by atoms with E-state index in [-0.39, 0.29) is 5.91 Å². The molecule has 1 unspecified atom stereocenters. The predicted molar refractivity (Wildman–Crippen MR) is 104 cm³/mol. The third-order valence-electron chi connectivity index (χ3n) is 4.04. The zero-order valence-electron chi connectivity index (χ0n) is 14.5. The van der Waals surface area contributed by atoms with Gasteiger partial charge in [-0.05, 0) is 43.7 Å².